The molecule has 1 aliphatic heterocycles. The molecule has 0 saturated carbocycles. The first-order valence-electron chi connectivity index (χ1n) is 11.0. The van der Waals surface area contributed by atoms with E-state index in [4.69, 9.17) is 10.00 Å². The predicted octanol–water partition coefficient (Wildman–Crippen LogP) is 3.17. The number of aromatic nitrogens is 3. The van der Waals surface area contributed by atoms with E-state index in [0.717, 1.165) is 11.1 Å². The first-order valence-corrected chi connectivity index (χ1v) is 11.0. The molecule has 0 saturated heterocycles. The third kappa shape index (κ3) is 4.13. The number of nitrogens with zero attached hydrogens (tertiary/aromatic N) is 4. The van der Waals surface area contributed by atoms with Gasteiger partial charge in [0.05, 0.1) is 16.8 Å². The highest BCUT2D eigenvalue weighted by molar-refractivity contribution is 6.05. The largest absolute Gasteiger partial charge is 0.484 e. The summed E-state index contributed by atoms with van der Waals surface area (Å²) in [6, 6.07) is 9.79. The molecule has 184 valence electrons. The highest BCUT2D eigenvalue weighted by atomic mass is 19.4. The van der Waals surface area contributed by atoms with Crippen LogP contribution in [0.4, 0.5) is 19.0 Å². The van der Waals surface area contributed by atoms with E-state index in [-0.39, 0.29) is 17.1 Å². The molecule has 1 aliphatic carbocycles. The molecule has 1 spiro atoms. The average Bonchev–Trinajstić information content (AvgIpc) is 3.35. The molecule has 2 amide bonds. The second-order valence-electron chi connectivity index (χ2n) is 8.72. The fourth-order valence-electron chi connectivity index (χ4n) is 4.76. The third-order valence-electron chi connectivity index (χ3n) is 6.21. The number of carbonyl (C=O) groups excluding carboxylic acids is 2. The van der Waals surface area contributed by atoms with Gasteiger partial charge in [0.1, 0.15) is 17.4 Å². The molecule has 36 heavy (non-hydrogen) atoms. The van der Waals surface area contributed by atoms with Crippen LogP contribution in [0.3, 0.4) is 0 Å². The van der Waals surface area contributed by atoms with Gasteiger partial charge in [0, 0.05) is 19.5 Å². The molecule has 0 unspecified atom stereocenters. The van der Waals surface area contributed by atoms with Crippen molar-refractivity contribution in [3.05, 3.63) is 64.5 Å². The second kappa shape index (κ2) is 8.37. The first-order chi connectivity index (χ1) is 17.1. The van der Waals surface area contributed by atoms with Crippen molar-refractivity contribution in [2.75, 3.05) is 11.9 Å². The van der Waals surface area contributed by atoms with Gasteiger partial charge >= 0.3 is 6.18 Å². The summed E-state index contributed by atoms with van der Waals surface area (Å²) in [6.45, 7) is -0.0758. The van der Waals surface area contributed by atoms with Gasteiger partial charge in [-0.1, -0.05) is 6.07 Å². The zero-order chi connectivity index (χ0) is 25.7. The van der Waals surface area contributed by atoms with Crippen molar-refractivity contribution in [2.24, 2.45) is 0 Å². The number of halogens is 3. The highest BCUT2D eigenvalue weighted by Crippen LogP contribution is 2.44. The SMILES string of the molecule is CC(=O)Nc1c2c(nn1-c1ccc(C#N)cn1)C[C@]1(CCc3cc(OCC(F)(F)F)ccc31)NC2=O. The van der Waals surface area contributed by atoms with Gasteiger partial charge in [-0.15, -0.1) is 0 Å². The van der Waals surface area contributed by atoms with Crippen LogP contribution in [0, 0.1) is 11.3 Å². The maximum Gasteiger partial charge on any atom is 0.422 e. The molecule has 3 heterocycles. The van der Waals surface area contributed by atoms with Crippen molar-refractivity contribution < 1.29 is 27.5 Å². The van der Waals surface area contributed by atoms with Gasteiger partial charge < -0.3 is 15.4 Å². The summed E-state index contributed by atoms with van der Waals surface area (Å²) in [5.41, 5.74) is 1.77. The quantitative estimate of drug-likeness (QED) is 0.572. The number of amides is 2. The second-order valence-corrected chi connectivity index (χ2v) is 8.72. The Morgan fingerprint density at radius 3 is 2.81 bits per heavy atom. The van der Waals surface area contributed by atoms with E-state index in [2.05, 4.69) is 20.7 Å². The van der Waals surface area contributed by atoms with Gasteiger partial charge in [-0.2, -0.15) is 28.2 Å². The molecule has 1 aromatic carbocycles. The smallest absolute Gasteiger partial charge is 0.422 e. The Balaban J connectivity index is 1.52. The van der Waals surface area contributed by atoms with Gasteiger partial charge in [0.15, 0.2) is 18.2 Å². The molecule has 0 bridgehead atoms. The molecule has 0 fully saturated rings. The van der Waals surface area contributed by atoms with E-state index in [1.54, 1.807) is 24.3 Å². The normalized spacial score (nSPS) is 18.2. The third-order valence-corrected chi connectivity index (χ3v) is 6.21. The maximum atomic E-state index is 13.4. The van der Waals surface area contributed by atoms with E-state index >= 15 is 0 Å². The Kier molecular flexibility index (Phi) is 5.43. The van der Waals surface area contributed by atoms with Crippen LogP contribution in [-0.4, -0.2) is 39.4 Å². The first kappa shape index (κ1) is 23.3. The van der Waals surface area contributed by atoms with E-state index in [1.807, 2.05) is 6.07 Å². The number of rotatable bonds is 4. The Hall–Kier alpha value is -4.40. The van der Waals surface area contributed by atoms with Crippen LogP contribution in [0.1, 0.15) is 46.1 Å². The molecule has 0 radical (unpaired) electrons. The van der Waals surface area contributed by atoms with E-state index < -0.39 is 30.1 Å². The highest BCUT2D eigenvalue weighted by Gasteiger charge is 2.46. The number of anilines is 1. The van der Waals surface area contributed by atoms with Gasteiger partial charge in [-0.25, -0.2) is 4.98 Å². The van der Waals surface area contributed by atoms with Crippen molar-refractivity contribution in [1.29, 1.82) is 5.26 Å². The van der Waals surface area contributed by atoms with Crippen molar-refractivity contribution in [3.63, 3.8) is 0 Å². The molecular formula is C24H19F3N6O3. The number of fused-ring (bicyclic) bond motifs is 3. The number of aryl methyl sites for hydroxylation is 1. The molecule has 1 atom stereocenters. The van der Waals surface area contributed by atoms with Crippen LogP contribution in [-0.2, 0) is 23.2 Å². The van der Waals surface area contributed by atoms with E-state index in [1.165, 1.54) is 23.9 Å². The lowest BCUT2D eigenvalue weighted by Crippen LogP contribution is -2.49. The van der Waals surface area contributed by atoms with Crippen LogP contribution in [0.25, 0.3) is 5.82 Å². The molecule has 2 N–H and O–H groups in total. The fraction of sp³-hybridized carbons (Fsp3) is 0.292. The monoisotopic (exact) mass is 496 g/mol. The summed E-state index contributed by atoms with van der Waals surface area (Å²) in [4.78, 5) is 29.5. The molecule has 2 aliphatic rings. The van der Waals surface area contributed by atoms with Crippen molar-refractivity contribution in [1.82, 2.24) is 20.1 Å². The Morgan fingerprint density at radius 1 is 1.33 bits per heavy atom. The number of hydrogen-bond acceptors (Lipinski definition) is 6. The summed E-state index contributed by atoms with van der Waals surface area (Å²) in [6.07, 6.45) is -1.72. The Labute approximate surface area is 202 Å². The number of hydrogen-bond donors (Lipinski definition) is 2. The van der Waals surface area contributed by atoms with Crippen molar-refractivity contribution in [3.8, 4) is 17.6 Å². The molecule has 2 aromatic heterocycles. The zero-order valence-electron chi connectivity index (χ0n) is 18.9. The summed E-state index contributed by atoms with van der Waals surface area (Å²) in [5.74, 6) is -0.262. The minimum Gasteiger partial charge on any atom is -0.484 e. The lowest BCUT2D eigenvalue weighted by atomic mass is 9.82. The number of ether oxygens (including phenoxy) is 1. The van der Waals surface area contributed by atoms with Gasteiger partial charge in [0.25, 0.3) is 5.91 Å². The van der Waals surface area contributed by atoms with Gasteiger partial charge in [-0.05, 0) is 48.2 Å². The molecular weight excluding hydrogens is 477 g/mol. The summed E-state index contributed by atoms with van der Waals surface area (Å²) in [7, 11) is 0. The summed E-state index contributed by atoms with van der Waals surface area (Å²) < 4.78 is 43.8. The standard InChI is InChI=1S/C24H19F3N6O3/c1-13(34)30-21-20-18(32-33(21)19-5-2-14(10-28)11-29-19)9-23(31-22(20)35)7-6-15-8-16(3-4-17(15)23)36-12-24(25,26)27/h2-5,8,11H,6-7,9,12H2,1H3,(H,30,34)(H,31,35)/t23-/m0/s1. The maximum absolute atomic E-state index is 13.4. The van der Waals surface area contributed by atoms with Crippen LogP contribution in [0.2, 0.25) is 0 Å². The van der Waals surface area contributed by atoms with Gasteiger partial charge in [-0.3, -0.25) is 9.59 Å². The fourth-order valence-corrected chi connectivity index (χ4v) is 4.76. The number of nitriles is 1. The minimum atomic E-state index is -4.44. The lowest BCUT2D eigenvalue weighted by Gasteiger charge is -2.35. The van der Waals surface area contributed by atoms with Crippen molar-refractivity contribution >= 4 is 17.6 Å². The average molecular weight is 496 g/mol. The molecule has 9 nitrogen and oxygen atoms in total. The lowest BCUT2D eigenvalue weighted by molar-refractivity contribution is -0.153. The number of carbonyl (C=O) groups is 2. The van der Waals surface area contributed by atoms with Gasteiger partial charge in [0.2, 0.25) is 5.91 Å². The van der Waals surface area contributed by atoms with Crippen LogP contribution < -0.4 is 15.4 Å². The van der Waals surface area contributed by atoms with E-state index in [0.29, 0.717) is 36.3 Å². The Bertz CT molecular complexity index is 1420. The minimum absolute atomic E-state index is 0.107. The van der Waals surface area contributed by atoms with Crippen molar-refractivity contribution in [2.45, 2.75) is 37.9 Å². The summed E-state index contributed by atoms with van der Waals surface area (Å²) >= 11 is 0. The topological polar surface area (TPSA) is 122 Å². The molecule has 12 heteroatoms. The Morgan fingerprint density at radius 2 is 2.14 bits per heavy atom. The number of alkyl halides is 3. The van der Waals surface area contributed by atoms with Crippen LogP contribution in [0.5, 0.6) is 5.75 Å². The number of nitrogens with one attached hydrogen (secondary N) is 2. The zero-order valence-corrected chi connectivity index (χ0v) is 18.9. The van der Waals surface area contributed by atoms with Crippen LogP contribution >= 0.6 is 0 Å². The van der Waals surface area contributed by atoms with E-state index in [9.17, 15) is 22.8 Å². The number of benzene rings is 1. The molecule has 3 aromatic rings. The molecule has 5 rings (SSSR count). The van der Waals surface area contributed by atoms with Crippen LogP contribution in [0.15, 0.2) is 36.5 Å². The number of pyridine rings is 1. The predicted molar refractivity (Wildman–Crippen MR) is 120 cm³/mol. The summed E-state index contributed by atoms with van der Waals surface area (Å²) in [5, 5.41) is 19.3.